The van der Waals surface area contributed by atoms with Gasteiger partial charge in [-0.1, -0.05) is 6.07 Å². The van der Waals surface area contributed by atoms with Crippen LogP contribution in [0.3, 0.4) is 0 Å². The summed E-state index contributed by atoms with van der Waals surface area (Å²) < 4.78 is 38.6. The molecular weight excluding hydrogens is 416 g/mol. The molecule has 2 aromatic carbocycles. The standard InChI is InChI=1S/C23H30N2O5S/c1-15(2)25-31(27,28)20-11-12-22(29-4)21(14-20)24-23(26)16(3)30-19-10-9-17-7-5-6-8-18(17)13-19/h9-16,25H,5-8H2,1-4H3,(H,24,26)/t16-/m0/s1. The number of anilines is 1. The molecule has 2 aromatic rings. The third kappa shape index (κ3) is 5.77. The van der Waals surface area contributed by atoms with Crippen LogP contribution in [0.4, 0.5) is 5.69 Å². The number of carbonyl (C=O) groups is 1. The molecule has 0 radical (unpaired) electrons. The topological polar surface area (TPSA) is 93.7 Å². The maximum absolute atomic E-state index is 12.8. The van der Waals surface area contributed by atoms with Crippen LogP contribution in [0.15, 0.2) is 41.3 Å². The Kier molecular flexibility index (Phi) is 7.23. The molecule has 31 heavy (non-hydrogen) atoms. The Balaban J connectivity index is 1.75. The van der Waals surface area contributed by atoms with E-state index in [2.05, 4.69) is 16.1 Å². The summed E-state index contributed by atoms with van der Waals surface area (Å²) in [7, 11) is -2.25. The lowest BCUT2D eigenvalue weighted by Gasteiger charge is -2.20. The maximum Gasteiger partial charge on any atom is 0.265 e. The van der Waals surface area contributed by atoms with Gasteiger partial charge in [-0.05, 0) is 87.9 Å². The van der Waals surface area contributed by atoms with Gasteiger partial charge < -0.3 is 14.8 Å². The van der Waals surface area contributed by atoms with E-state index in [4.69, 9.17) is 9.47 Å². The number of sulfonamides is 1. The first kappa shape index (κ1) is 23.1. The predicted octanol–water partition coefficient (Wildman–Crippen LogP) is 3.67. The van der Waals surface area contributed by atoms with Gasteiger partial charge in [0.05, 0.1) is 17.7 Å². The van der Waals surface area contributed by atoms with Crippen molar-refractivity contribution in [2.45, 2.75) is 63.5 Å². The number of methoxy groups -OCH3 is 1. The number of ether oxygens (including phenoxy) is 2. The van der Waals surface area contributed by atoms with Gasteiger partial charge in [0.1, 0.15) is 11.5 Å². The lowest BCUT2D eigenvalue weighted by molar-refractivity contribution is -0.122. The summed E-state index contributed by atoms with van der Waals surface area (Å²) in [6.07, 6.45) is 3.69. The van der Waals surface area contributed by atoms with Crippen LogP contribution in [0.5, 0.6) is 11.5 Å². The number of amides is 1. The molecule has 0 unspecified atom stereocenters. The summed E-state index contributed by atoms with van der Waals surface area (Å²) in [5.41, 5.74) is 2.88. The fraction of sp³-hybridized carbons (Fsp3) is 0.435. The van der Waals surface area contributed by atoms with E-state index < -0.39 is 22.0 Å². The average molecular weight is 447 g/mol. The van der Waals surface area contributed by atoms with Crippen LogP contribution in [-0.4, -0.2) is 33.6 Å². The maximum atomic E-state index is 12.8. The molecule has 0 aliphatic heterocycles. The highest BCUT2D eigenvalue weighted by atomic mass is 32.2. The zero-order chi connectivity index (χ0) is 22.6. The largest absolute Gasteiger partial charge is 0.495 e. The average Bonchev–Trinajstić information content (AvgIpc) is 2.72. The molecule has 3 rings (SSSR count). The predicted molar refractivity (Wildman–Crippen MR) is 120 cm³/mol. The van der Waals surface area contributed by atoms with Gasteiger partial charge in [0.15, 0.2) is 6.10 Å². The SMILES string of the molecule is COc1ccc(S(=O)(=O)NC(C)C)cc1NC(=O)[C@H](C)Oc1ccc2c(c1)CCCC2. The fourth-order valence-corrected chi connectivity index (χ4v) is 4.88. The van der Waals surface area contributed by atoms with Gasteiger partial charge in [-0.2, -0.15) is 0 Å². The van der Waals surface area contributed by atoms with Crippen LogP contribution < -0.4 is 19.5 Å². The molecule has 2 N–H and O–H groups in total. The van der Waals surface area contributed by atoms with E-state index in [1.165, 1.54) is 42.9 Å². The van der Waals surface area contributed by atoms with E-state index in [9.17, 15) is 13.2 Å². The molecular formula is C23H30N2O5S. The quantitative estimate of drug-likeness (QED) is 0.645. The van der Waals surface area contributed by atoms with Crippen molar-refractivity contribution in [3.63, 3.8) is 0 Å². The highest BCUT2D eigenvalue weighted by molar-refractivity contribution is 7.89. The summed E-state index contributed by atoms with van der Waals surface area (Å²) in [5.74, 6) is 0.605. The Morgan fingerprint density at radius 3 is 2.39 bits per heavy atom. The van der Waals surface area contributed by atoms with Gasteiger partial charge in [0, 0.05) is 6.04 Å². The number of hydrogen-bond donors (Lipinski definition) is 2. The molecule has 1 aliphatic rings. The summed E-state index contributed by atoms with van der Waals surface area (Å²) >= 11 is 0. The van der Waals surface area contributed by atoms with Gasteiger partial charge in [-0.25, -0.2) is 13.1 Å². The number of carbonyl (C=O) groups excluding carboxylic acids is 1. The molecule has 1 amide bonds. The molecule has 0 aromatic heterocycles. The lowest BCUT2D eigenvalue weighted by atomic mass is 9.92. The first-order valence-corrected chi connectivity index (χ1v) is 12.0. The van der Waals surface area contributed by atoms with E-state index in [1.54, 1.807) is 20.8 Å². The van der Waals surface area contributed by atoms with E-state index in [-0.39, 0.29) is 16.6 Å². The fourth-order valence-electron chi connectivity index (χ4n) is 3.61. The number of rotatable bonds is 8. The van der Waals surface area contributed by atoms with E-state index in [1.807, 2.05) is 12.1 Å². The number of fused-ring (bicyclic) bond motifs is 1. The molecule has 0 spiro atoms. The van der Waals surface area contributed by atoms with Crippen LogP contribution in [0.2, 0.25) is 0 Å². The highest BCUT2D eigenvalue weighted by Crippen LogP contribution is 2.29. The second-order valence-corrected chi connectivity index (χ2v) is 9.74. The third-order valence-electron chi connectivity index (χ3n) is 5.13. The molecule has 0 saturated heterocycles. The van der Waals surface area contributed by atoms with Gasteiger partial charge >= 0.3 is 0 Å². The molecule has 0 heterocycles. The summed E-state index contributed by atoms with van der Waals surface area (Å²) in [6.45, 7) is 5.13. The van der Waals surface area contributed by atoms with E-state index in [0.717, 1.165) is 19.3 Å². The van der Waals surface area contributed by atoms with Gasteiger partial charge in [-0.3, -0.25) is 4.79 Å². The Hall–Kier alpha value is -2.58. The molecule has 0 saturated carbocycles. The summed E-state index contributed by atoms with van der Waals surface area (Å²) in [5, 5.41) is 2.73. The number of hydrogen-bond acceptors (Lipinski definition) is 5. The normalized spacial score (nSPS) is 14.6. The molecule has 0 bridgehead atoms. The molecule has 0 fully saturated rings. The molecule has 8 heteroatoms. The Morgan fingerprint density at radius 2 is 1.71 bits per heavy atom. The van der Waals surface area contributed by atoms with Gasteiger partial charge in [-0.15, -0.1) is 0 Å². The summed E-state index contributed by atoms with van der Waals surface area (Å²) in [4.78, 5) is 12.8. The smallest absolute Gasteiger partial charge is 0.265 e. The van der Waals surface area contributed by atoms with Crippen molar-refractivity contribution in [2.24, 2.45) is 0 Å². The molecule has 1 atom stereocenters. The minimum Gasteiger partial charge on any atom is -0.495 e. The molecule has 1 aliphatic carbocycles. The van der Waals surface area contributed by atoms with Crippen molar-refractivity contribution >= 4 is 21.6 Å². The van der Waals surface area contributed by atoms with E-state index in [0.29, 0.717) is 11.5 Å². The van der Waals surface area contributed by atoms with Crippen LogP contribution in [0.1, 0.15) is 44.7 Å². The van der Waals surface area contributed by atoms with Crippen molar-refractivity contribution in [2.75, 3.05) is 12.4 Å². The highest BCUT2D eigenvalue weighted by Gasteiger charge is 2.21. The molecule has 7 nitrogen and oxygen atoms in total. The van der Waals surface area contributed by atoms with Crippen LogP contribution in [0, 0.1) is 0 Å². The van der Waals surface area contributed by atoms with Gasteiger partial charge in [0.2, 0.25) is 10.0 Å². The van der Waals surface area contributed by atoms with Crippen molar-refractivity contribution in [3.05, 3.63) is 47.5 Å². The minimum atomic E-state index is -3.71. The van der Waals surface area contributed by atoms with E-state index >= 15 is 0 Å². The van der Waals surface area contributed by atoms with Crippen molar-refractivity contribution < 1.29 is 22.7 Å². The zero-order valence-electron chi connectivity index (χ0n) is 18.4. The van der Waals surface area contributed by atoms with Crippen molar-refractivity contribution in [3.8, 4) is 11.5 Å². The number of nitrogens with one attached hydrogen (secondary N) is 2. The Morgan fingerprint density at radius 1 is 1.00 bits per heavy atom. The van der Waals surface area contributed by atoms with Gasteiger partial charge in [0.25, 0.3) is 5.91 Å². The Labute approximate surface area is 184 Å². The molecule has 168 valence electrons. The minimum absolute atomic E-state index is 0.0422. The summed E-state index contributed by atoms with van der Waals surface area (Å²) in [6, 6.07) is 10.0. The zero-order valence-corrected chi connectivity index (χ0v) is 19.2. The van der Waals surface area contributed by atoms with Crippen molar-refractivity contribution in [1.82, 2.24) is 4.72 Å². The number of aryl methyl sites for hydroxylation is 2. The first-order chi connectivity index (χ1) is 14.7. The second-order valence-electron chi connectivity index (χ2n) is 8.03. The Bertz CT molecular complexity index is 1050. The first-order valence-electron chi connectivity index (χ1n) is 10.5. The third-order valence-corrected chi connectivity index (χ3v) is 6.79. The monoisotopic (exact) mass is 446 g/mol. The van der Waals surface area contributed by atoms with Crippen LogP contribution in [0.25, 0.3) is 0 Å². The number of benzene rings is 2. The van der Waals surface area contributed by atoms with Crippen molar-refractivity contribution in [1.29, 1.82) is 0 Å². The second kappa shape index (κ2) is 9.70. The van der Waals surface area contributed by atoms with Crippen LogP contribution in [-0.2, 0) is 27.7 Å². The lowest BCUT2D eigenvalue weighted by Crippen LogP contribution is -2.31. The van der Waals surface area contributed by atoms with Crippen LogP contribution >= 0.6 is 0 Å².